The van der Waals surface area contributed by atoms with Crippen LogP contribution in [0.4, 0.5) is 0 Å². The van der Waals surface area contributed by atoms with Crippen LogP contribution in [-0.4, -0.2) is 89.1 Å². The van der Waals surface area contributed by atoms with Crippen molar-refractivity contribution < 1.29 is 22.7 Å². The first-order chi connectivity index (χ1) is 16.4. The van der Waals surface area contributed by atoms with Crippen LogP contribution in [-0.2, 0) is 19.5 Å². The van der Waals surface area contributed by atoms with Gasteiger partial charge in [-0.1, -0.05) is 42.0 Å². The molecule has 8 nitrogen and oxygen atoms in total. The van der Waals surface area contributed by atoms with Gasteiger partial charge in [0.05, 0.1) is 37.9 Å². The van der Waals surface area contributed by atoms with E-state index in [4.69, 9.17) is 9.47 Å². The SMILES string of the molecule is Cc1ccc(C(CNCC(=O)c2cccc(S(=O)(=O)N3CCOCC3)c2)N2CCOCC2)cc1. The van der Waals surface area contributed by atoms with Gasteiger partial charge in [-0.2, -0.15) is 4.31 Å². The predicted octanol–water partition coefficient (Wildman–Crippen LogP) is 1.86. The molecule has 1 atom stereocenters. The zero-order chi connectivity index (χ0) is 24.0. The maximum Gasteiger partial charge on any atom is 0.243 e. The molecule has 2 aliphatic rings. The lowest BCUT2D eigenvalue weighted by Gasteiger charge is -2.35. The van der Waals surface area contributed by atoms with Crippen LogP contribution in [0.2, 0.25) is 0 Å². The molecule has 2 aliphatic heterocycles. The second-order valence-corrected chi connectivity index (χ2v) is 10.6. The standard InChI is InChI=1S/C25H33N3O5S/c1-20-5-7-21(8-6-20)24(27-9-13-32-14-10-27)18-26-19-25(29)22-3-2-4-23(17-22)34(30,31)28-11-15-33-16-12-28/h2-8,17,24,26H,9-16,18-19H2,1H3. The lowest BCUT2D eigenvalue weighted by molar-refractivity contribution is 0.0162. The molecule has 34 heavy (non-hydrogen) atoms. The summed E-state index contributed by atoms with van der Waals surface area (Å²) in [6.07, 6.45) is 0. The molecule has 2 aromatic carbocycles. The average Bonchev–Trinajstić information content (AvgIpc) is 2.88. The summed E-state index contributed by atoms with van der Waals surface area (Å²) in [4.78, 5) is 15.4. The first-order valence-electron chi connectivity index (χ1n) is 11.8. The molecule has 0 aliphatic carbocycles. The van der Waals surface area contributed by atoms with Crippen molar-refractivity contribution in [2.45, 2.75) is 17.9 Å². The van der Waals surface area contributed by atoms with E-state index in [9.17, 15) is 13.2 Å². The fraction of sp³-hybridized carbons (Fsp3) is 0.480. The molecule has 0 spiro atoms. The molecule has 2 fully saturated rings. The van der Waals surface area contributed by atoms with Gasteiger partial charge >= 0.3 is 0 Å². The number of aryl methyl sites for hydroxylation is 1. The maximum absolute atomic E-state index is 12.9. The molecule has 2 heterocycles. The summed E-state index contributed by atoms with van der Waals surface area (Å²) in [5.74, 6) is -0.135. The molecular weight excluding hydrogens is 454 g/mol. The Morgan fingerprint density at radius 1 is 0.971 bits per heavy atom. The largest absolute Gasteiger partial charge is 0.379 e. The van der Waals surface area contributed by atoms with Crippen LogP contribution >= 0.6 is 0 Å². The van der Waals surface area contributed by atoms with E-state index < -0.39 is 10.0 Å². The van der Waals surface area contributed by atoms with E-state index in [1.54, 1.807) is 18.2 Å². The first kappa shape index (κ1) is 25.0. The molecule has 0 bridgehead atoms. The van der Waals surface area contributed by atoms with E-state index in [0.29, 0.717) is 51.6 Å². The topological polar surface area (TPSA) is 88.2 Å². The fourth-order valence-corrected chi connectivity index (χ4v) is 5.78. The van der Waals surface area contributed by atoms with Gasteiger partial charge in [-0.25, -0.2) is 8.42 Å². The van der Waals surface area contributed by atoms with Crippen LogP contribution in [0, 0.1) is 6.92 Å². The van der Waals surface area contributed by atoms with Crippen LogP contribution in [0.25, 0.3) is 0 Å². The summed E-state index contributed by atoms with van der Waals surface area (Å²) in [7, 11) is -3.64. The van der Waals surface area contributed by atoms with Crippen molar-refractivity contribution >= 4 is 15.8 Å². The molecule has 0 saturated carbocycles. The molecule has 0 radical (unpaired) electrons. The van der Waals surface area contributed by atoms with Gasteiger partial charge in [0.2, 0.25) is 10.0 Å². The summed E-state index contributed by atoms with van der Waals surface area (Å²) in [6.45, 7) is 7.31. The molecular formula is C25H33N3O5S. The summed E-state index contributed by atoms with van der Waals surface area (Å²) in [6, 6.07) is 14.9. The highest BCUT2D eigenvalue weighted by atomic mass is 32.2. The van der Waals surface area contributed by atoms with Crippen molar-refractivity contribution in [2.75, 3.05) is 65.7 Å². The third kappa shape index (κ3) is 6.10. The Labute approximate surface area is 201 Å². The molecule has 4 rings (SSSR count). The lowest BCUT2D eigenvalue weighted by atomic mass is 10.0. The van der Waals surface area contributed by atoms with Crippen molar-refractivity contribution in [3.05, 3.63) is 65.2 Å². The van der Waals surface area contributed by atoms with E-state index in [0.717, 1.165) is 13.1 Å². The summed E-state index contributed by atoms with van der Waals surface area (Å²) < 4.78 is 38.1. The quantitative estimate of drug-likeness (QED) is 0.540. The zero-order valence-corrected chi connectivity index (χ0v) is 20.4. The number of sulfonamides is 1. The summed E-state index contributed by atoms with van der Waals surface area (Å²) in [5.41, 5.74) is 2.80. The Bertz CT molecular complexity index is 1060. The van der Waals surface area contributed by atoms with Gasteiger partial charge in [0.15, 0.2) is 5.78 Å². The van der Waals surface area contributed by atoms with Gasteiger partial charge in [-0.15, -0.1) is 0 Å². The predicted molar refractivity (Wildman–Crippen MR) is 130 cm³/mol. The van der Waals surface area contributed by atoms with Gasteiger partial charge in [0.1, 0.15) is 0 Å². The van der Waals surface area contributed by atoms with E-state index >= 15 is 0 Å². The van der Waals surface area contributed by atoms with Crippen molar-refractivity contribution in [3.63, 3.8) is 0 Å². The normalized spacial score (nSPS) is 19.1. The second kappa shape index (κ2) is 11.5. The number of morpholine rings is 2. The number of hydrogen-bond acceptors (Lipinski definition) is 7. The van der Waals surface area contributed by atoms with Crippen molar-refractivity contribution in [3.8, 4) is 0 Å². The Kier molecular flexibility index (Phi) is 8.46. The van der Waals surface area contributed by atoms with E-state index in [1.165, 1.54) is 21.5 Å². The van der Waals surface area contributed by atoms with Gasteiger partial charge in [-0.3, -0.25) is 9.69 Å². The highest BCUT2D eigenvalue weighted by molar-refractivity contribution is 7.89. The number of hydrogen-bond donors (Lipinski definition) is 1. The van der Waals surface area contributed by atoms with E-state index in [2.05, 4.69) is 41.4 Å². The third-order valence-electron chi connectivity index (χ3n) is 6.34. The molecule has 1 N–H and O–H groups in total. The average molecular weight is 488 g/mol. The number of nitrogens with one attached hydrogen (secondary N) is 1. The highest BCUT2D eigenvalue weighted by Crippen LogP contribution is 2.22. The highest BCUT2D eigenvalue weighted by Gasteiger charge is 2.27. The number of ketones is 1. The molecule has 2 saturated heterocycles. The number of Topliss-reactive ketones (excluding diaryl/α,β-unsaturated/α-hetero) is 1. The monoisotopic (exact) mass is 487 g/mol. The zero-order valence-electron chi connectivity index (χ0n) is 19.6. The number of carbonyl (C=O) groups is 1. The molecule has 184 valence electrons. The van der Waals surface area contributed by atoms with Crippen LogP contribution < -0.4 is 5.32 Å². The van der Waals surface area contributed by atoms with Gasteiger partial charge in [0.25, 0.3) is 0 Å². The Morgan fingerprint density at radius 3 is 2.29 bits per heavy atom. The van der Waals surface area contributed by atoms with Crippen LogP contribution in [0.5, 0.6) is 0 Å². The minimum absolute atomic E-state index is 0.130. The minimum Gasteiger partial charge on any atom is -0.379 e. The Hall–Kier alpha value is -2.14. The second-order valence-electron chi connectivity index (χ2n) is 8.67. The van der Waals surface area contributed by atoms with Crippen LogP contribution in [0.3, 0.4) is 0 Å². The summed E-state index contributed by atoms with van der Waals surface area (Å²) >= 11 is 0. The van der Waals surface area contributed by atoms with Gasteiger partial charge in [0, 0.05) is 44.3 Å². The maximum atomic E-state index is 12.9. The number of nitrogens with zero attached hydrogens (tertiary/aromatic N) is 2. The third-order valence-corrected chi connectivity index (χ3v) is 8.23. The lowest BCUT2D eigenvalue weighted by Crippen LogP contribution is -2.43. The smallest absolute Gasteiger partial charge is 0.243 e. The summed E-state index contributed by atoms with van der Waals surface area (Å²) in [5, 5.41) is 3.31. The van der Waals surface area contributed by atoms with Gasteiger partial charge < -0.3 is 14.8 Å². The van der Waals surface area contributed by atoms with Crippen LogP contribution in [0.1, 0.15) is 27.5 Å². The first-order valence-corrected chi connectivity index (χ1v) is 13.2. The molecule has 9 heteroatoms. The van der Waals surface area contributed by atoms with Crippen molar-refractivity contribution in [1.29, 1.82) is 0 Å². The molecule has 0 aromatic heterocycles. The van der Waals surface area contributed by atoms with E-state index in [-0.39, 0.29) is 23.3 Å². The minimum atomic E-state index is -3.64. The van der Waals surface area contributed by atoms with Gasteiger partial charge in [-0.05, 0) is 24.6 Å². The Balaban J connectivity index is 1.41. The number of benzene rings is 2. The van der Waals surface area contributed by atoms with Crippen molar-refractivity contribution in [1.82, 2.24) is 14.5 Å². The molecule has 1 unspecified atom stereocenters. The van der Waals surface area contributed by atoms with E-state index in [1.807, 2.05) is 0 Å². The van der Waals surface area contributed by atoms with Crippen LogP contribution in [0.15, 0.2) is 53.4 Å². The fourth-order valence-electron chi connectivity index (χ4n) is 4.33. The molecule has 0 amide bonds. The Morgan fingerprint density at radius 2 is 1.62 bits per heavy atom. The number of carbonyl (C=O) groups excluding carboxylic acids is 1. The molecule has 2 aromatic rings. The number of rotatable bonds is 9. The van der Waals surface area contributed by atoms with Crippen molar-refractivity contribution in [2.24, 2.45) is 0 Å². The number of ether oxygens (including phenoxy) is 2.